The topological polar surface area (TPSA) is 51.2 Å². The molecule has 0 unspecified atom stereocenters. The van der Waals surface area contributed by atoms with Crippen LogP contribution in [-0.4, -0.2) is 18.0 Å². The number of hydrogen-bond acceptors (Lipinski definition) is 4. The van der Waals surface area contributed by atoms with Crippen molar-refractivity contribution < 1.29 is 9.53 Å². The monoisotopic (exact) mass is 344 g/mol. The molecule has 1 aliphatic carbocycles. The number of aromatic nitrogens is 1. The number of carbonyl (C=O) groups is 1. The molecule has 0 radical (unpaired) electrons. The fourth-order valence-electron chi connectivity index (χ4n) is 3.67. The summed E-state index contributed by atoms with van der Waals surface area (Å²) in [5, 5.41) is 5.55. The molecular formula is C19H24N2O2S. The Morgan fingerprint density at radius 1 is 1.50 bits per heavy atom. The van der Waals surface area contributed by atoms with E-state index >= 15 is 0 Å². The molecule has 0 bridgehead atoms. The van der Waals surface area contributed by atoms with Crippen LogP contribution in [0.5, 0.6) is 5.75 Å². The second-order valence-corrected chi connectivity index (χ2v) is 8.03. The standard InChI is InChI=1S/C19H24N2O2S/c1-12(2)9-16-15-10-14(23-4)6-5-13(15)11-19(16,3)17(22)21-18-20-7-8-24-18/h5-8,10,12,16H,9,11H2,1-4H3,(H,20,21,22)/t16-,19+/m1/s1. The third-order valence-electron chi connectivity index (χ3n) is 4.93. The molecule has 4 nitrogen and oxygen atoms in total. The Bertz CT molecular complexity index is 727. The first-order valence-electron chi connectivity index (χ1n) is 8.32. The van der Waals surface area contributed by atoms with Crippen LogP contribution >= 0.6 is 11.3 Å². The summed E-state index contributed by atoms with van der Waals surface area (Å²) in [7, 11) is 1.68. The number of nitrogens with one attached hydrogen (secondary N) is 1. The van der Waals surface area contributed by atoms with Crippen LogP contribution in [0.15, 0.2) is 29.8 Å². The molecule has 1 heterocycles. The molecule has 128 valence electrons. The van der Waals surface area contributed by atoms with Gasteiger partial charge in [0, 0.05) is 11.6 Å². The molecular weight excluding hydrogens is 320 g/mol. The third-order valence-corrected chi connectivity index (χ3v) is 5.62. The number of carbonyl (C=O) groups excluding carboxylic acids is 1. The summed E-state index contributed by atoms with van der Waals surface area (Å²) in [6, 6.07) is 6.18. The van der Waals surface area contributed by atoms with E-state index in [1.807, 2.05) is 11.4 Å². The summed E-state index contributed by atoms with van der Waals surface area (Å²) in [5.41, 5.74) is 2.03. The molecule has 1 aliphatic rings. The van der Waals surface area contributed by atoms with Gasteiger partial charge in [-0.05, 0) is 54.9 Å². The van der Waals surface area contributed by atoms with E-state index in [4.69, 9.17) is 4.74 Å². The highest BCUT2D eigenvalue weighted by Gasteiger charge is 2.48. The number of nitrogens with zero attached hydrogens (tertiary/aromatic N) is 1. The van der Waals surface area contributed by atoms with Gasteiger partial charge in [-0.1, -0.05) is 19.9 Å². The highest BCUT2D eigenvalue weighted by Crippen LogP contribution is 2.51. The van der Waals surface area contributed by atoms with Gasteiger partial charge in [-0.25, -0.2) is 4.98 Å². The van der Waals surface area contributed by atoms with Crippen LogP contribution < -0.4 is 10.1 Å². The molecule has 1 aromatic heterocycles. The SMILES string of the molecule is COc1ccc2c(c1)[C@@H](CC(C)C)[C@@](C)(C(=O)Nc1nccs1)C2. The Balaban J connectivity index is 1.95. The molecule has 0 aliphatic heterocycles. The van der Waals surface area contributed by atoms with E-state index in [1.165, 1.54) is 22.5 Å². The van der Waals surface area contributed by atoms with Gasteiger partial charge < -0.3 is 10.1 Å². The number of hydrogen-bond donors (Lipinski definition) is 1. The van der Waals surface area contributed by atoms with Gasteiger partial charge in [0.2, 0.25) is 5.91 Å². The average Bonchev–Trinajstić information content (AvgIpc) is 3.14. The number of ether oxygens (including phenoxy) is 1. The van der Waals surface area contributed by atoms with E-state index in [0.29, 0.717) is 11.0 Å². The van der Waals surface area contributed by atoms with Gasteiger partial charge in [-0.2, -0.15) is 0 Å². The summed E-state index contributed by atoms with van der Waals surface area (Å²) < 4.78 is 5.40. The number of anilines is 1. The Labute approximate surface area is 147 Å². The van der Waals surface area contributed by atoms with E-state index in [0.717, 1.165) is 18.6 Å². The number of rotatable bonds is 5. The smallest absolute Gasteiger partial charge is 0.233 e. The molecule has 1 N–H and O–H groups in total. The van der Waals surface area contributed by atoms with E-state index in [9.17, 15) is 4.79 Å². The maximum Gasteiger partial charge on any atom is 0.233 e. The minimum absolute atomic E-state index is 0.0540. The third kappa shape index (κ3) is 3.05. The van der Waals surface area contributed by atoms with Crippen molar-refractivity contribution in [1.29, 1.82) is 0 Å². The highest BCUT2D eigenvalue weighted by atomic mass is 32.1. The van der Waals surface area contributed by atoms with Gasteiger partial charge in [-0.15, -0.1) is 11.3 Å². The molecule has 3 rings (SSSR count). The molecule has 1 aromatic carbocycles. The van der Waals surface area contributed by atoms with E-state index in [1.54, 1.807) is 13.3 Å². The van der Waals surface area contributed by atoms with Crippen molar-refractivity contribution in [3.8, 4) is 5.75 Å². The van der Waals surface area contributed by atoms with Crippen molar-refractivity contribution in [3.05, 3.63) is 40.9 Å². The van der Waals surface area contributed by atoms with Crippen molar-refractivity contribution in [1.82, 2.24) is 4.98 Å². The Morgan fingerprint density at radius 2 is 2.29 bits per heavy atom. The Kier molecular flexibility index (Phi) is 4.63. The molecule has 24 heavy (non-hydrogen) atoms. The summed E-state index contributed by atoms with van der Waals surface area (Å²) >= 11 is 1.45. The van der Waals surface area contributed by atoms with Crippen LogP contribution in [0, 0.1) is 11.3 Å². The summed E-state index contributed by atoms with van der Waals surface area (Å²) in [4.78, 5) is 17.3. The second kappa shape index (κ2) is 6.55. The zero-order valence-corrected chi connectivity index (χ0v) is 15.4. The zero-order chi connectivity index (χ0) is 17.3. The predicted octanol–water partition coefficient (Wildman–Crippen LogP) is 4.48. The Hall–Kier alpha value is -1.88. The lowest BCUT2D eigenvalue weighted by atomic mass is 9.73. The van der Waals surface area contributed by atoms with Crippen LogP contribution in [0.3, 0.4) is 0 Å². The maximum atomic E-state index is 13.1. The minimum atomic E-state index is -0.468. The predicted molar refractivity (Wildman–Crippen MR) is 97.7 cm³/mol. The van der Waals surface area contributed by atoms with Crippen molar-refractivity contribution >= 4 is 22.4 Å². The van der Waals surface area contributed by atoms with Crippen molar-refractivity contribution in [2.75, 3.05) is 12.4 Å². The van der Waals surface area contributed by atoms with Crippen molar-refractivity contribution in [2.45, 2.75) is 39.5 Å². The fraction of sp³-hybridized carbons (Fsp3) is 0.474. The van der Waals surface area contributed by atoms with Crippen molar-refractivity contribution in [2.24, 2.45) is 11.3 Å². The number of fused-ring (bicyclic) bond motifs is 1. The van der Waals surface area contributed by atoms with Crippen LogP contribution in [0.1, 0.15) is 44.2 Å². The van der Waals surface area contributed by atoms with Gasteiger partial charge in [0.15, 0.2) is 5.13 Å². The van der Waals surface area contributed by atoms with E-state index in [2.05, 4.69) is 43.2 Å². The zero-order valence-electron chi connectivity index (χ0n) is 14.6. The number of benzene rings is 1. The fourth-order valence-corrected chi connectivity index (χ4v) is 4.19. The molecule has 2 aromatic rings. The number of amides is 1. The molecule has 0 saturated heterocycles. The first-order chi connectivity index (χ1) is 11.4. The molecule has 0 saturated carbocycles. The van der Waals surface area contributed by atoms with E-state index < -0.39 is 5.41 Å². The van der Waals surface area contributed by atoms with Gasteiger partial charge in [0.05, 0.1) is 12.5 Å². The largest absolute Gasteiger partial charge is 0.497 e. The summed E-state index contributed by atoms with van der Waals surface area (Å²) in [6.07, 6.45) is 3.44. The van der Waals surface area contributed by atoms with Crippen LogP contribution in [-0.2, 0) is 11.2 Å². The second-order valence-electron chi connectivity index (χ2n) is 7.13. The van der Waals surface area contributed by atoms with Crippen LogP contribution in [0.2, 0.25) is 0 Å². The summed E-state index contributed by atoms with van der Waals surface area (Å²) in [6.45, 7) is 6.49. The molecule has 1 amide bonds. The van der Waals surface area contributed by atoms with Gasteiger partial charge in [-0.3, -0.25) is 4.79 Å². The Morgan fingerprint density at radius 3 is 2.92 bits per heavy atom. The molecule has 0 spiro atoms. The average molecular weight is 344 g/mol. The molecule has 5 heteroatoms. The first kappa shape index (κ1) is 17.0. The van der Waals surface area contributed by atoms with Gasteiger partial charge in [0.1, 0.15) is 5.75 Å². The van der Waals surface area contributed by atoms with E-state index in [-0.39, 0.29) is 11.8 Å². The lowest BCUT2D eigenvalue weighted by molar-refractivity contribution is -0.125. The van der Waals surface area contributed by atoms with Gasteiger partial charge in [0.25, 0.3) is 0 Å². The lowest BCUT2D eigenvalue weighted by Gasteiger charge is -2.31. The number of methoxy groups -OCH3 is 1. The quantitative estimate of drug-likeness (QED) is 0.870. The van der Waals surface area contributed by atoms with Crippen LogP contribution in [0.25, 0.3) is 0 Å². The summed E-state index contributed by atoms with van der Waals surface area (Å²) in [5.74, 6) is 1.60. The maximum absolute atomic E-state index is 13.1. The first-order valence-corrected chi connectivity index (χ1v) is 9.19. The van der Waals surface area contributed by atoms with Gasteiger partial charge >= 0.3 is 0 Å². The normalized spacial score (nSPS) is 22.5. The molecule has 2 atom stereocenters. The van der Waals surface area contributed by atoms with Crippen molar-refractivity contribution in [3.63, 3.8) is 0 Å². The minimum Gasteiger partial charge on any atom is -0.497 e. The highest BCUT2D eigenvalue weighted by molar-refractivity contribution is 7.13. The molecule has 0 fully saturated rings. The van der Waals surface area contributed by atoms with Crippen LogP contribution in [0.4, 0.5) is 5.13 Å². The lowest BCUT2D eigenvalue weighted by Crippen LogP contribution is -2.37. The number of thiazole rings is 1.